The van der Waals surface area contributed by atoms with Gasteiger partial charge in [-0.2, -0.15) is 0 Å². The molecule has 0 fully saturated rings. The zero-order valence-corrected chi connectivity index (χ0v) is 12.8. The summed E-state index contributed by atoms with van der Waals surface area (Å²) in [5.74, 6) is 0.522. The van der Waals surface area contributed by atoms with Crippen molar-refractivity contribution in [1.29, 1.82) is 0 Å². The van der Waals surface area contributed by atoms with E-state index in [0.29, 0.717) is 18.0 Å². The minimum absolute atomic E-state index is 0.000472. The van der Waals surface area contributed by atoms with Crippen LogP contribution < -0.4 is 9.47 Å². The molecule has 5 heteroatoms. The number of carbonyl (C=O) groups is 1. The van der Waals surface area contributed by atoms with E-state index in [0.717, 1.165) is 12.0 Å². The minimum atomic E-state index is -0.837. The maximum atomic E-state index is 10.9. The Morgan fingerprint density at radius 2 is 2.05 bits per heavy atom. The van der Waals surface area contributed by atoms with Crippen LogP contribution in [0.25, 0.3) is 0 Å². The Morgan fingerprint density at radius 3 is 2.57 bits per heavy atom. The first kappa shape index (κ1) is 17.0. The number of ether oxygens (including phenoxy) is 2. The molecule has 0 aliphatic heterocycles. The van der Waals surface area contributed by atoms with Crippen LogP contribution in [-0.4, -0.2) is 49.3 Å². The fourth-order valence-corrected chi connectivity index (χ4v) is 2.22. The van der Waals surface area contributed by atoms with Gasteiger partial charge < -0.3 is 14.6 Å². The summed E-state index contributed by atoms with van der Waals surface area (Å²) in [5, 5.41) is 8.96. The molecule has 1 N–H and O–H groups in total. The first-order valence-electron chi connectivity index (χ1n) is 6.79. The van der Waals surface area contributed by atoms with Gasteiger partial charge in [-0.05, 0) is 31.0 Å². The lowest BCUT2D eigenvalue weighted by molar-refractivity contribution is -0.138. The Kier molecular flexibility index (Phi) is 6.75. The van der Waals surface area contributed by atoms with Crippen molar-refractivity contribution >= 4 is 5.97 Å². The summed E-state index contributed by atoms with van der Waals surface area (Å²) < 4.78 is 10.5. The van der Waals surface area contributed by atoms with E-state index in [1.807, 2.05) is 30.0 Å². The molecular weight excluding hydrogens is 270 g/mol. The molecule has 0 saturated heterocycles. The van der Waals surface area contributed by atoms with E-state index in [-0.39, 0.29) is 12.6 Å². The SMILES string of the molecule is C=CCN(CC(=O)O)C(C)Cc1ccc(OC)c(OC)c1. The Bertz CT molecular complexity index is 487. The third-order valence-corrected chi connectivity index (χ3v) is 3.30. The summed E-state index contributed by atoms with van der Waals surface area (Å²) in [6.07, 6.45) is 2.44. The highest BCUT2D eigenvalue weighted by atomic mass is 16.5. The van der Waals surface area contributed by atoms with Crippen LogP contribution in [0.15, 0.2) is 30.9 Å². The van der Waals surface area contributed by atoms with Gasteiger partial charge in [0.2, 0.25) is 0 Å². The number of rotatable bonds is 9. The van der Waals surface area contributed by atoms with Gasteiger partial charge in [0.05, 0.1) is 20.8 Å². The average Bonchev–Trinajstić information content (AvgIpc) is 2.46. The molecule has 1 aromatic carbocycles. The van der Waals surface area contributed by atoms with E-state index in [4.69, 9.17) is 14.6 Å². The number of hydrogen-bond donors (Lipinski definition) is 1. The molecule has 0 aliphatic carbocycles. The number of benzene rings is 1. The van der Waals surface area contributed by atoms with Crippen LogP contribution in [0.3, 0.4) is 0 Å². The van der Waals surface area contributed by atoms with Crippen LogP contribution in [0.2, 0.25) is 0 Å². The van der Waals surface area contributed by atoms with E-state index in [9.17, 15) is 4.79 Å². The summed E-state index contributed by atoms with van der Waals surface area (Å²) >= 11 is 0. The standard InChI is InChI=1S/C16H23NO4/c1-5-8-17(11-16(18)19)12(2)9-13-6-7-14(20-3)15(10-13)21-4/h5-7,10,12H,1,8-9,11H2,2-4H3,(H,18,19). The van der Waals surface area contributed by atoms with Crippen molar-refractivity contribution in [3.63, 3.8) is 0 Å². The molecule has 21 heavy (non-hydrogen) atoms. The van der Waals surface area contributed by atoms with Crippen molar-refractivity contribution in [1.82, 2.24) is 4.90 Å². The quantitative estimate of drug-likeness (QED) is 0.707. The Morgan fingerprint density at radius 1 is 1.38 bits per heavy atom. The van der Waals surface area contributed by atoms with Crippen LogP contribution in [0.5, 0.6) is 11.5 Å². The Hall–Kier alpha value is -2.01. The highest BCUT2D eigenvalue weighted by Crippen LogP contribution is 2.28. The molecule has 1 unspecified atom stereocenters. The Labute approximate surface area is 125 Å². The first-order chi connectivity index (χ1) is 10.0. The molecule has 5 nitrogen and oxygen atoms in total. The molecular formula is C16H23NO4. The summed E-state index contributed by atoms with van der Waals surface area (Å²) in [6, 6.07) is 5.82. The van der Waals surface area contributed by atoms with Crippen molar-refractivity contribution in [2.75, 3.05) is 27.3 Å². The highest BCUT2D eigenvalue weighted by Gasteiger charge is 2.17. The van der Waals surface area contributed by atoms with Crippen LogP contribution in [0.4, 0.5) is 0 Å². The first-order valence-corrected chi connectivity index (χ1v) is 6.79. The number of hydrogen-bond acceptors (Lipinski definition) is 4. The predicted molar refractivity (Wildman–Crippen MR) is 82.1 cm³/mol. The molecule has 1 rings (SSSR count). The van der Waals surface area contributed by atoms with Crippen molar-refractivity contribution < 1.29 is 19.4 Å². The number of carboxylic acids is 1. The molecule has 0 radical (unpaired) electrons. The van der Waals surface area contributed by atoms with Crippen molar-refractivity contribution in [2.24, 2.45) is 0 Å². The van der Waals surface area contributed by atoms with Gasteiger partial charge >= 0.3 is 5.97 Å². The molecule has 116 valence electrons. The smallest absolute Gasteiger partial charge is 0.317 e. The number of methoxy groups -OCH3 is 2. The highest BCUT2D eigenvalue weighted by molar-refractivity contribution is 5.69. The second kappa shape index (κ2) is 8.32. The molecule has 0 saturated carbocycles. The zero-order valence-electron chi connectivity index (χ0n) is 12.8. The molecule has 1 aromatic rings. The molecule has 0 amide bonds. The minimum Gasteiger partial charge on any atom is -0.493 e. The molecule has 0 spiro atoms. The van der Waals surface area contributed by atoms with E-state index in [1.54, 1.807) is 20.3 Å². The molecule has 0 aromatic heterocycles. The van der Waals surface area contributed by atoms with Gasteiger partial charge in [0.15, 0.2) is 11.5 Å². The summed E-state index contributed by atoms with van der Waals surface area (Å²) in [5.41, 5.74) is 1.07. The number of aliphatic carboxylic acids is 1. The van der Waals surface area contributed by atoms with Gasteiger partial charge in [-0.25, -0.2) is 0 Å². The second-order valence-electron chi connectivity index (χ2n) is 4.85. The van der Waals surface area contributed by atoms with Crippen molar-refractivity contribution in [2.45, 2.75) is 19.4 Å². The maximum Gasteiger partial charge on any atom is 0.317 e. The average molecular weight is 293 g/mol. The normalized spacial score (nSPS) is 12.0. The topological polar surface area (TPSA) is 59.0 Å². The third-order valence-electron chi connectivity index (χ3n) is 3.30. The lowest BCUT2D eigenvalue weighted by Crippen LogP contribution is -2.38. The van der Waals surface area contributed by atoms with Gasteiger partial charge in [-0.1, -0.05) is 12.1 Å². The zero-order chi connectivity index (χ0) is 15.8. The second-order valence-corrected chi connectivity index (χ2v) is 4.85. The lowest BCUT2D eigenvalue weighted by atomic mass is 10.0. The summed E-state index contributed by atoms with van der Waals surface area (Å²) in [4.78, 5) is 12.8. The van der Waals surface area contributed by atoms with Crippen LogP contribution >= 0.6 is 0 Å². The summed E-state index contributed by atoms with van der Waals surface area (Å²) in [6.45, 7) is 6.22. The van der Waals surface area contributed by atoms with E-state index >= 15 is 0 Å². The van der Waals surface area contributed by atoms with Gasteiger partial charge in [0.1, 0.15) is 0 Å². The van der Waals surface area contributed by atoms with Crippen LogP contribution in [-0.2, 0) is 11.2 Å². The van der Waals surface area contributed by atoms with Gasteiger partial charge in [-0.3, -0.25) is 9.69 Å². The molecule has 1 atom stereocenters. The fourth-order valence-electron chi connectivity index (χ4n) is 2.22. The van der Waals surface area contributed by atoms with Crippen molar-refractivity contribution in [3.8, 4) is 11.5 Å². The maximum absolute atomic E-state index is 10.9. The fraction of sp³-hybridized carbons (Fsp3) is 0.438. The monoisotopic (exact) mass is 293 g/mol. The molecule has 0 bridgehead atoms. The van der Waals surface area contributed by atoms with Crippen LogP contribution in [0.1, 0.15) is 12.5 Å². The molecule has 0 aliphatic rings. The lowest BCUT2D eigenvalue weighted by Gasteiger charge is -2.26. The third kappa shape index (κ3) is 5.11. The van der Waals surface area contributed by atoms with Gasteiger partial charge in [0, 0.05) is 12.6 Å². The van der Waals surface area contributed by atoms with Crippen molar-refractivity contribution in [3.05, 3.63) is 36.4 Å². The predicted octanol–water partition coefficient (Wildman–Crippen LogP) is 2.21. The molecule has 0 heterocycles. The Balaban J connectivity index is 2.82. The number of carboxylic acid groups (broad SMARTS) is 1. The van der Waals surface area contributed by atoms with Crippen LogP contribution in [0, 0.1) is 0 Å². The largest absolute Gasteiger partial charge is 0.493 e. The van der Waals surface area contributed by atoms with Gasteiger partial charge in [0.25, 0.3) is 0 Å². The summed E-state index contributed by atoms with van der Waals surface area (Å²) in [7, 11) is 3.19. The number of nitrogens with zero attached hydrogens (tertiary/aromatic N) is 1. The van der Waals surface area contributed by atoms with Gasteiger partial charge in [-0.15, -0.1) is 6.58 Å². The van der Waals surface area contributed by atoms with E-state index in [2.05, 4.69) is 6.58 Å². The van der Waals surface area contributed by atoms with E-state index < -0.39 is 5.97 Å². The van der Waals surface area contributed by atoms with E-state index in [1.165, 1.54) is 0 Å².